The average molecular weight is 221 g/mol. The number of hydrogen-bond acceptors (Lipinski definition) is 1. The summed E-state index contributed by atoms with van der Waals surface area (Å²) in [7, 11) is 0. The molecule has 88 valence electrons. The lowest BCUT2D eigenvalue weighted by molar-refractivity contribution is -0.195. The van der Waals surface area contributed by atoms with Crippen molar-refractivity contribution in [1.29, 1.82) is 0 Å². The van der Waals surface area contributed by atoms with Crippen molar-refractivity contribution in [1.82, 2.24) is 5.32 Å². The molecule has 0 spiro atoms. The Balaban J connectivity index is 1.86. The molecule has 0 radical (unpaired) electrons. The summed E-state index contributed by atoms with van der Waals surface area (Å²) in [5, 5.41) is 3.23. The van der Waals surface area contributed by atoms with E-state index in [2.05, 4.69) is 5.32 Å². The van der Waals surface area contributed by atoms with E-state index in [-0.39, 0.29) is 5.92 Å². The van der Waals surface area contributed by atoms with Crippen molar-refractivity contribution in [3.63, 3.8) is 0 Å². The monoisotopic (exact) mass is 221 g/mol. The Labute approximate surface area is 88.4 Å². The smallest absolute Gasteiger partial charge is 0.314 e. The van der Waals surface area contributed by atoms with Crippen molar-refractivity contribution in [2.75, 3.05) is 6.54 Å². The second kappa shape index (κ2) is 4.32. The van der Waals surface area contributed by atoms with Gasteiger partial charge in [-0.05, 0) is 38.1 Å². The van der Waals surface area contributed by atoms with E-state index < -0.39 is 12.1 Å². The fourth-order valence-electron chi connectivity index (χ4n) is 2.49. The molecule has 0 bridgehead atoms. The van der Waals surface area contributed by atoms with Gasteiger partial charge in [-0.15, -0.1) is 0 Å². The van der Waals surface area contributed by atoms with E-state index in [1.165, 1.54) is 0 Å². The van der Waals surface area contributed by atoms with Crippen molar-refractivity contribution < 1.29 is 13.2 Å². The van der Waals surface area contributed by atoms with Gasteiger partial charge >= 0.3 is 6.18 Å². The molecule has 0 aromatic heterocycles. The molecule has 0 aliphatic heterocycles. The van der Waals surface area contributed by atoms with Gasteiger partial charge in [0, 0.05) is 6.04 Å². The average Bonchev–Trinajstić information content (AvgIpc) is 2.97. The van der Waals surface area contributed by atoms with E-state index in [0.717, 1.165) is 32.1 Å². The van der Waals surface area contributed by atoms with Gasteiger partial charge in [-0.2, -0.15) is 13.2 Å². The lowest BCUT2D eigenvalue weighted by Gasteiger charge is -2.33. The van der Waals surface area contributed by atoms with E-state index in [1.54, 1.807) is 0 Å². The lowest BCUT2D eigenvalue weighted by atomic mass is 9.78. The molecule has 2 aliphatic rings. The van der Waals surface area contributed by atoms with E-state index in [4.69, 9.17) is 0 Å². The van der Waals surface area contributed by atoms with Crippen LogP contribution in [0.1, 0.15) is 38.5 Å². The fraction of sp³-hybridized carbons (Fsp3) is 1.00. The Hall–Kier alpha value is -0.250. The van der Waals surface area contributed by atoms with Crippen LogP contribution in [-0.4, -0.2) is 18.8 Å². The molecular formula is C11H18F3N. The van der Waals surface area contributed by atoms with Crippen molar-refractivity contribution in [2.24, 2.45) is 11.8 Å². The molecule has 2 aliphatic carbocycles. The molecule has 0 amide bonds. The molecule has 4 heteroatoms. The highest BCUT2D eigenvalue weighted by Gasteiger charge is 2.45. The minimum Gasteiger partial charge on any atom is -0.314 e. The van der Waals surface area contributed by atoms with Gasteiger partial charge in [0.2, 0.25) is 0 Å². The Morgan fingerprint density at radius 1 is 1.00 bits per heavy atom. The summed E-state index contributed by atoms with van der Waals surface area (Å²) in [4.78, 5) is 0. The first-order valence-corrected chi connectivity index (χ1v) is 5.87. The lowest BCUT2D eigenvalue weighted by Crippen LogP contribution is -2.39. The number of hydrogen-bond donors (Lipinski definition) is 1. The van der Waals surface area contributed by atoms with Crippen LogP contribution in [0.25, 0.3) is 0 Å². The zero-order valence-corrected chi connectivity index (χ0v) is 8.82. The SMILES string of the molecule is FC(F)(F)C1CCCCC1CNC1CC1. The largest absolute Gasteiger partial charge is 0.392 e. The maximum atomic E-state index is 12.7. The van der Waals surface area contributed by atoms with E-state index in [1.807, 2.05) is 0 Å². The molecule has 2 unspecified atom stereocenters. The predicted octanol–water partition coefficient (Wildman–Crippen LogP) is 3.11. The topological polar surface area (TPSA) is 12.0 Å². The van der Waals surface area contributed by atoms with Crippen LogP contribution in [0.4, 0.5) is 13.2 Å². The normalized spacial score (nSPS) is 33.0. The van der Waals surface area contributed by atoms with Gasteiger partial charge in [-0.25, -0.2) is 0 Å². The summed E-state index contributed by atoms with van der Waals surface area (Å²) in [5.74, 6) is -1.24. The Kier molecular flexibility index (Phi) is 3.24. The van der Waals surface area contributed by atoms with Crippen molar-refractivity contribution in [3.8, 4) is 0 Å². The first-order valence-electron chi connectivity index (χ1n) is 5.87. The quantitative estimate of drug-likeness (QED) is 0.772. The first-order chi connectivity index (χ1) is 7.07. The van der Waals surface area contributed by atoms with Gasteiger partial charge in [-0.3, -0.25) is 0 Å². The van der Waals surface area contributed by atoms with Gasteiger partial charge in [0.05, 0.1) is 5.92 Å². The van der Waals surface area contributed by atoms with Gasteiger partial charge in [0.25, 0.3) is 0 Å². The summed E-state index contributed by atoms with van der Waals surface area (Å²) in [6.45, 7) is 0.564. The summed E-state index contributed by atoms with van der Waals surface area (Å²) in [5.41, 5.74) is 0. The molecule has 0 aromatic rings. The highest BCUT2D eigenvalue weighted by Crippen LogP contribution is 2.41. The Morgan fingerprint density at radius 2 is 1.67 bits per heavy atom. The molecule has 0 heterocycles. The van der Waals surface area contributed by atoms with Gasteiger partial charge in [-0.1, -0.05) is 12.8 Å². The molecule has 0 saturated heterocycles. The van der Waals surface area contributed by atoms with Crippen LogP contribution in [0.15, 0.2) is 0 Å². The maximum Gasteiger partial charge on any atom is 0.392 e. The summed E-state index contributed by atoms with van der Waals surface area (Å²) >= 11 is 0. The molecule has 2 fully saturated rings. The van der Waals surface area contributed by atoms with Crippen LogP contribution < -0.4 is 5.32 Å². The second-order valence-electron chi connectivity index (χ2n) is 4.88. The third-order valence-electron chi connectivity index (χ3n) is 3.58. The second-order valence-corrected chi connectivity index (χ2v) is 4.88. The molecule has 2 saturated carbocycles. The third kappa shape index (κ3) is 3.10. The molecule has 0 aromatic carbocycles. The van der Waals surface area contributed by atoms with Crippen molar-refractivity contribution >= 4 is 0 Å². The minimum atomic E-state index is -3.99. The standard InChI is InChI=1S/C11H18F3N/c12-11(13,14)10-4-2-1-3-8(10)7-15-9-5-6-9/h8-10,15H,1-7H2. The van der Waals surface area contributed by atoms with Crippen molar-refractivity contribution in [2.45, 2.75) is 50.7 Å². The highest BCUT2D eigenvalue weighted by molar-refractivity contribution is 4.86. The van der Waals surface area contributed by atoms with E-state index >= 15 is 0 Å². The van der Waals surface area contributed by atoms with Crippen LogP contribution >= 0.6 is 0 Å². The van der Waals surface area contributed by atoms with E-state index in [9.17, 15) is 13.2 Å². The summed E-state index contributed by atoms with van der Waals surface area (Å²) in [6.07, 6.45) is 1.07. The van der Waals surface area contributed by atoms with Gasteiger partial charge in [0.1, 0.15) is 0 Å². The Bertz CT molecular complexity index is 210. The van der Waals surface area contributed by atoms with Crippen molar-refractivity contribution in [3.05, 3.63) is 0 Å². The van der Waals surface area contributed by atoms with E-state index in [0.29, 0.717) is 19.0 Å². The maximum absolute atomic E-state index is 12.7. The summed E-state index contributed by atoms with van der Waals surface area (Å²) < 4.78 is 38.1. The molecular weight excluding hydrogens is 203 g/mol. The molecule has 1 nitrogen and oxygen atoms in total. The van der Waals surface area contributed by atoms with Gasteiger partial charge < -0.3 is 5.32 Å². The minimum absolute atomic E-state index is 0.181. The third-order valence-corrected chi connectivity index (χ3v) is 3.58. The first kappa shape index (κ1) is 11.2. The number of alkyl halides is 3. The zero-order valence-electron chi connectivity index (χ0n) is 8.82. The molecule has 15 heavy (non-hydrogen) atoms. The fourth-order valence-corrected chi connectivity index (χ4v) is 2.49. The molecule has 2 atom stereocenters. The predicted molar refractivity (Wildman–Crippen MR) is 52.5 cm³/mol. The van der Waals surface area contributed by atoms with Gasteiger partial charge in [0.15, 0.2) is 0 Å². The van der Waals surface area contributed by atoms with Crippen LogP contribution in [0.2, 0.25) is 0 Å². The van der Waals surface area contributed by atoms with Crippen LogP contribution in [0.3, 0.4) is 0 Å². The number of rotatable bonds is 3. The van der Waals surface area contributed by atoms with Crippen LogP contribution in [0, 0.1) is 11.8 Å². The van der Waals surface area contributed by atoms with Crippen LogP contribution in [-0.2, 0) is 0 Å². The summed E-state index contributed by atoms with van der Waals surface area (Å²) in [6, 6.07) is 0.515. The number of nitrogens with one attached hydrogen (secondary N) is 1. The molecule has 1 N–H and O–H groups in total. The zero-order chi connectivity index (χ0) is 10.9. The highest BCUT2D eigenvalue weighted by atomic mass is 19.4. The molecule has 2 rings (SSSR count). The van der Waals surface area contributed by atoms with Crippen LogP contribution in [0.5, 0.6) is 0 Å². The number of halogens is 3. The Morgan fingerprint density at radius 3 is 2.27 bits per heavy atom.